The number of unbranched alkanes of at least 4 members (excludes halogenated alkanes) is 2. The highest BCUT2D eigenvalue weighted by molar-refractivity contribution is 5.79. The summed E-state index contributed by atoms with van der Waals surface area (Å²) in [6.07, 6.45) is 5.34. The van der Waals surface area contributed by atoms with E-state index >= 15 is 0 Å². The van der Waals surface area contributed by atoms with Gasteiger partial charge in [-0.05, 0) is 38.8 Å². The maximum Gasteiger partial charge on any atom is 0.158 e. The molecule has 0 amide bonds. The predicted molar refractivity (Wildman–Crippen MR) is 94.3 cm³/mol. The zero-order valence-electron chi connectivity index (χ0n) is 15.4. The Morgan fingerprint density at radius 1 is 0.708 bits per heavy atom. The fourth-order valence-corrected chi connectivity index (χ4v) is 3.02. The van der Waals surface area contributed by atoms with Crippen LogP contribution in [0.2, 0.25) is 0 Å². The lowest BCUT2D eigenvalue weighted by atomic mass is 10.1. The number of Topliss-reactive ketones (excluding diaryl/α,β-unsaturated/α-hetero) is 2. The molecule has 0 aromatic carbocycles. The largest absolute Gasteiger partial charge is 0.377 e. The first-order valence-electron chi connectivity index (χ1n) is 9.11. The minimum Gasteiger partial charge on any atom is -0.377 e. The summed E-state index contributed by atoms with van der Waals surface area (Å²) in [5, 5.41) is 0. The summed E-state index contributed by atoms with van der Waals surface area (Å²) < 4.78 is 9.67. The molecular formula is C18H34N2O4. The van der Waals surface area contributed by atoms with Gasteiger partial charge in [0.2, 0.25) is 0 Å². The van der Waals surface area contributed by atoms with Crippen molar-refractivity contribution >= 4 is 11.6 Å². The van der Waals surface area contributed by atoms with Crippen molar-refractivity contribution in [2.75, 3.05) is 66.7 Å². The smallest absolute Gasteiger partial charge is 0.158 e. The van der Waals surface area contributed by atoms with Crippen molar-refractivity contribution in [2.45, 2.75) is 38.5 Å². The average Bonchev–Trinajstić information content (AvgIpc) is 2.57. The Kier molecular flexibility index (Phi) is 11.9. The van der Waals surface area contributed by atoms with Gasteiger partial charge >= 0.3 is 0 Å². The molecule has 0 aromatic rings. The number of rotatable bonds is 14. The summed E-state index contributed by atoms with van der Waals surface area (Å²) in [6, 6.07) is 0. The molecule has 0 unspecified atom stereocenters. The molecule has 6 nitrogen and oxygen atoms in total. The molecule has 1 heterocycles. The van der Waals surface area contributed by atoms with Crippen LogP contribution in [0.3, 0.4) is 0 Å². The molecule has 0 radical (unpaired) electrons. The van der Waals surface area contributed by atoms with Crippen molar-refractivity contribution in [1.82, 2.24) is 9.80 Å². The Morgan fingerprint density at radius 2 is 1.08 bits per heavy atom. The minimum absolute atomic E-state index is 0.200. The van der Waals surface area contributed by atoms with E-state index in [0.29, 0.717) is 12.8 Å². The molecule has 0 aromatic heterocycles. The molecule has 140 valence electrons. The fourth-order valence-electron chi connectivity index (χ4n) is 3.02. The monoisotopic (exact) mass is 342 g/mol. The van der Waals surface area contributed by atoms with Crippen LogP contribution in [0.25, 0.3) is 0 Å². The normalized spacial score (nSPS) is 16.4. The van der Waals surface area contributed by atoms with Crippen LogP contribution in [0.15, 0.2) is 0 Å². The van der Waals surface area contributed by atoms with Gasteiger partial charge in [0.05, 0.1) is 0 Å². The summed E-state index contributed by atoms with van der Waals surface area (Å²) in [7, 11) is 3.13. The third-order valence-corrected chi connectivity index (χ3v) is 4.44. The van der Waals surface area contributed by atoms with E-state index in [-0.39, 0.29) is 24.8 Å². The van der Waals surface area contributed by atoms with E-state index in [0.717, 1.165) is 65.0 Å². The Hall–Kier alpha value is -0.820. The van der Waals surface area contributed by atoms with Crippen LogP contribution in [-0.2, 0) is 19.1 Å². The van der Waals surface area contributed by atoms with Crippen LogP contribution >= 0.6 is 0 Å². The van der Waals surface area contributed by atoms with Gasteiger partial charge < -0.3 is 19.3 Å². The van der Waals surface area contributed by atoms with Crippen LogP contribution < -0.4 is 0 Å². The predicted octanol–water partition coefficient (Wildman–Crippen LogP) is 1.38. The molecule has 0 saturated carbocycles. The van der Waals surface area contributed by atoms with Gasteiger partial charge in [0, 0.05) is 53.2 Å². The lowest BCUT2D eigenvalue weighted by molar-refractivity contribution is -0.123. The van der Waals surface area contributed by atoms with Crippen molar-refractivity contribution in [2.24, 2.45) is 0 Å². The Morgan fingerprint density at radius 3 is 1.42 bits per heavy atom. The SMILES string of the molecule is COCC(=O)CCCCN1CCN(CCCCC(=O)COC)CC1. The molecule has 6 heteroatoms. The second-order valence-electron chi connectivity index (χ2n) is 6.54. The zero-order chi connectivity index (χ0) is 17.6. The molecule has 0 bridgehead atoms. The lowest BCUT2D eigenvalue weighted by Gasteiger charge is -2.34. The second-order valence-corrected chi connectivity index (χ2v) is 6.54. The highest BCUT2D eigenvalue weighted by Gasteiger charge is 2.16. The van der Waals surface area contributed by atoms with Crippen LogP contribution in [-0.4, -0.2) is 88.1 Å². The molecule has 0 atom stereocenters. The van der Waals surface area contributed by atoms with E-state index in [1.54, 1.807) is 14.2 Å². The van der Waals surface area contributed by atoms with Gasteiger partial charge in [-0.3, -0.25) is 9.59 Å². The van der Waals surface area contributed by atoms with E-state index in [1.165, 1.54) is 0 Å². The van der Waals surface area contributed by atoms with Crippen molar-refractivity contribution in [1.29, 1.82) is 0 Å². The molecule has 0 spiro atoms. The Labute approximate surface area is 146 Å². The number of hydrogen-bond acceptors (Lipinski definition) is 6. The van der Waals surface area contributed by atoms with Gasteiger partial charge in [-0.2, -0.15) is 0 Å². The molecule has 0 aliphatic carbocycles. The van der Waals surface area contributed by atoms with Gasteiger partial charge in [0.1, 0.15) is 13.2 Å². The second kappa shape index (κ2) is 13.5. The van der Waals surface area contributed by atoms with Gasteiger partial charge in [-0.15, -0.1) is 0 Å². The summed E-state index contributed by atoms with van der Waals surface area (Å²) >= 11 is 0. The maximum atomic E-state index is 11.4. The Bertz CT molecular complexity index is 321. The number of ketones is 2. The summed E-state index contributed by atoms with van der Waals surface area (Å²) in [5.41, 5.74) is 0. The number of piperazine rings is 1. The molecule has 0 N–H and O–H groups in total. The van der Waals surface area contributed by atoms with Crippen molar-refractivity contribution < 1.29 is 19.1 Å². The van der Waals surface area contributed by atoms with Crippen LogP contribution in [0.4, 0.5) is 0 Å². The van der Waals surface area contributed by atoms with Crippen molar-refractivity contribution in [3.63, 3.8) is 0 Å². The maximum absolute atomic E-state index is 11.4. The topological polar surface area (TPSA) is 59.1 Å². The van der Waals surface area contributed by atoms with E-state index in [4.69, 9.17) is 9.47 Å². The number of carbonyl (C=O) groups is 2. The summed E-state index contributed by atoms with van der Waals surface area (Å²) in [6.45, 7) is 7.08. The Balaban J connectivity index is 1.98. The first kappa shape index (κ1) is 21.2. The first-order chi connectivity index (χ1) is 11.7. The molecule has 1 aliphatic heterocycles. The first-order valence-corrected chi connectivity index (χ1v) is 9.11. The van der Waals surface area contributed by atoms with Gasteiger partial charge in [-0.1, -0.05) is 0 Å². The summed E-state index contributed by atoms with van der Waals surface area (Å²) in [5.74, 6) is 0.401. The molecule has 24 heavy (non-hydrogen) atoms. The minimum atomic E-state index is 0.200. The highest BCUT2D eigenvalue weighted by Crippen LogP contribution is 2.07. The average molecular weight is 342 g/mol. The molecular weight excluding hydrogens is 308 g/mol. The number of methoxy groups -OCH3 is 2. The van der Waals surface area contributed by atoms with Gasteiger partial charge in [0.25, 0.3) is 0 Å². The van der Waals surface area contributed by atoms with Gasteiger partial charge in [0.15, 0.2) is 11.6 Å². The standard InChI is InChI=1S/C18H34N2O4/c1-23-15-17(21)7-3-5-9-19-11-13-20(14-12-19)10-6-4-8-18(22)16-24-2/h3-16H2,1-2H3. The lowest BCUT2D eigenvalue weighted by Crippen LogP contribution is -2.46. The molecule has 1 saturated heterocycles. The number of hydrogen-bond donors (Lipinski definition) is 0. The summed E-state index contributed by atoms with van der Waals surface area (Å²) in [4.78, 5) is 27.7. The molecule has 1 fully saturated rings. The van der Waals surface area contributed by atoms with Crippen LogP contribution in [0.1, 0.15) is 38.5 Å². The quantitative estimate of drug-likeness (QED) is 0.445. The van der Waals surface area contributed by atoms with E-state index in [1.807, 2.05) is 0 Å². The number of nitrogens with zero attached hydrogens (tertiary/aromatic N) is 2. The van der Waals surface area contributed by atoms with Crippen LogP contribution in [0.5, 0.6) is 0 Å². The van der Waals surface area contributed by atoms with Gasteiger partial charge in [-0.25, -0.2) is 0 Å². The zero-order valence-corrected chi connectivity index (χ0v) is 15.4. The number of ether oxygens (including phenoxy) is 2. The highest BCUT2D eigenvalue weighted by atomic mass is 16.5. The van der Waals surface area contributed by atoms with Crippen LogP contribution in [0, 0.1) is 0 Å². The fraction of sp³-hybridized carbons (Fsp3) is 0.889. The molecule has 1 rings (SSSR count). The van der Waals surface area contributed by atoms with Crippen molar-refractivity contribution in [3.05, 3.63) is 0 Å². The third-order valence-electron chi connectivity index (χ3n) is 4.44. The van der Waals surface area contributed by atoms with E-state index in [2.05, 4.69) is 9.80 Å². The van der Waals surface area contributed by atoms with Crippen molar-refractivity contribution in [3.8, 4) is 0 Å². The third kappa shape index (κ3) is 10.1. The molecule has 1 aliphatic rings. The number of carbonyl (C=O) groups excluding carboxylic acids is 2. The van der Waals surface area contributed by atoms with E-state index < -0.39 is 0 Å². The van der Waals surface area contributed by atoms with E-state index in [9.17, 15) is 9.59 Å².